The van der Waals surface area contributed by atoms with Crippen molar-refractivity contribution in [1.82, 2.24) is 24.7 Å². The topological polar surface area (TPSA) is 53.4 Å². The maximum absolute atomic E-state index is 12.5. The molecule has 6 heteroatoms. The number of aromatic nitrogens is 2. The first kappa shape index (κ1) is 16.4. The Balaban J connectivity index is 1.25. The van der Waals surface area contributed by atoms with Crippen molar-refractivity contribution < 1.29 is 4.79 Å². The van der Waals surface area contributed by atoms with Crippen LogP contribution in [0.1, 0.15) is 25.7 Å². The molecule has 2 fully saturated rings. The molecular formula is C19H27N5O. The van der Waals surface area contributed by atoms with Crippen molar-refractivity contribution in [3.8, 4) is 0 Å². The molecule has 2 amide bonds. The Kier molecular flexibility index (Phi) is 4.61. The monoisotopic (exact) mass is 341 g/mol. The van der Waals surface area contributed by atoms with Crippen molar-refractivity contribution in [3.63, 3.8) is 0 Å². The summed E-state index contributed by atoms with van der Waals surface area (Å²) in [6, 6.07) is 9.45. The van der Waals surface area contributed by atoms with Gasteiger partial charge in [-0.05, 0) is 44.9 Å². The van der Waals surface area contributed by atoms with Crippen molar-refractivity contribution in [2.75, 3.05) is 26.7 Å². The summed E-state index contributed by atoms with van der Waals surface area (Å²) in [7, 11) is 2.21. The molecular weight excluding hydrogens is 314 g/mol. The predicted molar refractivity (Wildman–Crippen MR) is 98.5 cm³/mol. The zero-order chi connectivity index (χ0) is 17.2. The molecule has 0 radical (unpaired) electrons. The van der Waals surface area contributed by atoms with E-state index in [-0.39, 0.29) is 6.03 Å². The molecule has 1 N–H and O–H groups in total. The minimum absolute atomic E-state index is 0.0939. The first-order valence-electron chi connectivity index (χ1n) is 9.37. The Bertz CT molecular complexity index is 742. The SMILES string of the molecule is CN1[C@H]2CC[C@H]1CN(C(=O)NCCCn1cnc3ccccc31)CC2. The van der Waals surface area contributed by atoms with E-state index in [9.17, 15) is 4.79 Å². The van der Waals surface area contributed by atoms with Crippen molar-refractivity contribution in [2.24, 2.45) is 0 Å². The van der Waals surface area contributed by atoms with E-state index in [4.69, 9.17) is 0 Å². The molecule has 4 rings (SSSR count). The van der Waals surface area contributed by atoms with Gasteiger partial charge in [-0.2, -0.15) is 0 Å². The summed E-state index contributed by atoms with van der Waals surface area (Å²) >= 11 is 0. The van der Waals surface area contributed by atoms with Gasteiger partial charge in [0.1, 0.15) is 0 Å². The van der Waals surface area contributed by atoms with Crippen molar-refractivity contribution in [2.45, 2.75) is 44.3 Å². The fourth-order valence-corrected chi connectivity index (χ4v) is 4.24. The number of imidazole rings is 1. The molecule has 0 unspecified atom stereocenters. The fraction of sp³-hybridized carbons (Fsp3) is 0.579. The molecule has 3 heterocycles. The lowest BCUT2D eigenvalue weighted by Crippen LogP contribution is -2.45. The molecule has 134 valence electrons. The summed E-state index contributed by atoms with van der Waals surface area (Å²) in [5.41, 5.74) is 2.18. The Morgan fingerprint density at radius 1 is 1.24 bits per heavy atom. The smallest absolute Gasteiger partial charge is 0.317 e. The molecule has 1 aromatic heterocycles. The number of rotatable bonds is 4. The number of hydrogen-bond donors (Lipinski definition) is 1. The molecule has 2 saturated heterocycles. The average Bonchev–Trinajstić information content (AvgIpc) is 3.12. The summed E-state index contributed by atoms with van der Waals surface area (Å²) in [5.74, 6) is 0. The summed E-state index contributed by atoms with van der Waals surface area (Å²) in [6.45, 7) is 3.31. The van der Waals surface area contributed by atoms with Crippen LogP contribution in [0.5, 0.6) is 0 Å². The van der Waals surface area contributed by atoms with Crippen molar-refractivity contribution in [1.29, 1.82) is 0 Å². The van der Waals surface area contributed by atoms with Gasteiger partial charge >= 0.3 is 6.03 Å². The van der Waals surface area contributed by atoms with Crippen LogP contribution in [0.15, 0.2) is 30.6 Å². The maximum Gasteiger partial charge on any atom is 0.317 e. The number of benzene rings is 1. The molecule has 0 aliphatic carbocycles. The van der Waals surface area contributed by atoms with Crippen LogP contribution in [0.4, 0.5) is 4.79 Å². The largest absolute Gasteiger partial charge is 0.338 e. The van der Waals surface area contributed by atoms with Crippen LogP contribution in [-0.4, -0.2) is 64.1 Å². The van der Waals surface area contributed by atoms with Gasteiger partial charge in [-0.15, -0.1) is 0 Å². The molecule has 1 aromatic carbocycles. The number of urea groups is 1. The zero-order valence-electron chi connectivity index (χ0n) is 14.9. The van der Waals surface area contributed by atoms with Crippen molar-refractivity contribution in [3.05, 3.63) is 30.6 Å². The molecule has 2 bridgehead atoms. The number of nitrogens with one attached hydrogen (secondary N) is 1. The number of likely N-dealkylation sites (tertiary alicyclic amines) is 1. The van der Waals surface area contributed by atoms with E-state index in [0.29, 0.717) is 18.6 Å². The number of carbonyl (C=O) groups excluding carboxylic acids is 1. The minimum atomic E-state index is 0.0939. The number of hydrogen-bond acceptors (Lipinski definition) is 3. The van der Waals surface area contributed by atoms with Gasteiger partial charge in [0.25, 0.3) is 0 Å². The highest BCUT2D eigenvalue weighted by molar-refractivity contribution is 5.75. The number of nitrogens with zero attached hydrogens (tertiary/aromatic N) is 4. The predicted octanol–water partition coefficient (Wildman–Crippen LogP) is 2.30. The number of carbonyl (C=O) groups is 1. The molecule has 2 aliphatic heterocycles. The molecule has 25 heavy (non-hydrogen) atoms. The first-order valence-corrected chi connectivity index (χ1v) is 9.37. The maximum atomic E-state index is 12.5. The number of likely N-dealkylation sites (N-methyl/N-ethyl adjacent to an activating group) is 1. The Labute approximate surface area is 148 Å². The molecule has 6 nitrogen and oxygen atoms in total. The fourth-order valence-electron chi connectivity index (χ4n) is 4.24. The van der Waals surface area contributed by atoms with Crippen LogP contribution in [-0.2, 0) is 6.54 Å². The Morgan fingerprint density at radius 3 is 3.00 bits per heavy atom. The third kappa shape index (κ3) is 3.35. The van der Waals surface area contributed by atoms with Crippen LogP contribution >= 0.6 is 0 Å². The van der Waals surface area contributed by atoms with Gasteiger partial charge in [0.2, 0.25) is 0 Å². The quantitative estimate of drug-likeness (QED) is 0.868. The second-order valence-corrected chi connectivity index (χ2v) is 7.30. The van der Waals surface area contributed by atoms with Crippen LogP contribution < -0.4 is 5.32 Å². The van der Waals surface area contributed by atoms with Gasteiger partial charge in [-0.3, -0.25) is 4.90 Å². The van der Waals surface area contributed by atoms with E-state index in [2.05, 4.69) is 32.9 Å². The molecule has 2 aromatic rings. The van der Waals surface area contributed by atoms with E-state index in [0.717, 1.165) is 43.5 Å². The van der Waals surface area contributed by atoms with E-state index in [1.165, 1.54) is 12.8 Å². The summed E-state index contributed by atoms with van der Waals surface area (Å²) < 4.78 is 2.15. The van der Waals surface area contributed by atoms with E-state index in [1.807, 2.05) is 29.4 Å². The normalized spacial score (nSPS) is 23.8. The average molecular weight is 341 g/mol. The van der Waals surface area contributed by atoms with Gasteiger partial charge in [-0.25, -0.2) is 9.78 Å². The van der Waals surface area contributed by atoms with Crippen LogP contribution in [0, 0.1) is 0 Å². The van der Waals surface area contributed by atoms with E-state index in [1.54, 1.807) is 0 Å². The van der Waals surface area contributed by atoms with Crippen LogP contribution in [0.3, 0.4) is 0 Å². The summed E-state index contributed by atoms with van der Waals surface area (Å²) in [6.07, 6.45) is 6.40. The Hall–Kier alpha value is -2.08. The summed E-state index contributed by atoms with van der Waals surface area (Å²) in [4.78, 5) is 21.4. The lowest BCUT2D eigenvalue weighted by Gasteiger charge is -2.26. The zero-order valence-corrected chi connectivity index (χ0v) is 14.9. The number of para-hydroxylation sites is 2. The van der Waals surface area contributed by atoms with Crippen LogP contribution in [0.25, 0.3) is 11.0 Å². The first-order chi connectivity index (χ1) is 12.2. The van der Waals surface area contributed by atoms with Gasteiger partial charge in [0.05, 0.1) is 17.4 Å². The van der Waals surface area contributed by atoms with Gasteiger partial charge in [0.15, 0.2) is 0 Å². The van der Waals surface area contributed by atoms with Crippen molar-refractivity contribution >= 4 is 17.1 Å². The molecule has 0 saturated carbocycles. The van der Waals surface area contributed by atoms with E-state index >= 15 is 0 Å². The highest BCUT2D eigenvalue weighted by Crippen LogP contribution is 2.28. The van der Waals surface area contributed by atoms with Gasteiger partial charge in [0, 0.05) is 38.3 Å². The third-order valence-electron chi connectivity index (χ3n) is 5.82. The summed E-state index contributed by atoms with van der Waals surface area (Å²) in [5, 5.41) is 3.10. The van der Waals surface area contributed by atoms with Gasteiger partial charge in [-0.1, -0.05) is 12.1 Å². The highest BCUT2D eigenvalue weighted by Gasteiger charge is 2.35. The number of amides is 2. The molecule has 2 aliphatic rings. The van der Waals surface area contributed by atoms with Crippen LogP contribution in [0.2, 0.25) is 0 Å². The second kappa shape index (κ2) is 7.04. The van der Waals surface area contributed by atoms with E-state index < -0.39 is 0 Å². The lowest BCUT2D eigenvalue weighted by atomic mass is 10.1. The Morgan fingerprint density at radius 2 is 2.08 bits per heavy atom. The minimum Gasteiger partial charge on any atom is -0.338 e. The molecule has 0 spiro atoms. The highest BCUT2D eigenvalue weighted by atomic mass is 16.2. The number of fused-ring (bicyclic) bond motifs is 3. The van der Waals surface area contributed by atoms with Gasteiger partial charge < -0.3 is 14.8 Å². The number of aryl methyl sites for hydroxylation is 1. The molecule has 2 atom stereocenters. The second-order valence-electron chi connectivity index (χ2n) is 7.30. The lowest BCUT2D eigenvalue weighted by molar-refractivity contribution is 0.188. The third-order valence-corrected chi connectivity index (χ3v) is 5.82. The standard InChI is InChI=1S/C19H27N5O/c1-22-15-7-8-16(22)13-23(12-9-15)19(25)20-10-4-11-24-14-21-17-5-2-3-6-18(17)24/h2-3,5-6,14-16H,4,7-13H2,1H3,(H,20,25)/t15-,16-/m0/s1.